The number of nitrogens with zero attached hydrogens (tertiary/aromatic N) is 1. The summed E-state index contributed by atoms with van der Waals surface area (Å²) in [5.41, 5.74) is 2.93. The first-order chi connectivity index (χ1) is 8.87. The van der Waals surface area contributed by atoms with Gasteiger partial charge in [-0.3, -0.25) is 0 Å². The number of allylic oxidation sites excluding steroid dienone is 1. The summed E-state index contributed by atoms with van der Waals surface area (Å²) in [4.78, 5) is 2.37. The zero-order valence-corrected chi connectivity index (χ0v) is 15.4. The van der Waals surface area contributed by atoms with Crippen LogP contribution < -0.4 is 0 Å². The summed E-state index contributed by atoms with van der Waals surface area (Å²) in [7, 11) is 2.18. The predicted octanol–water partition coefficient (Wildman–Crippen LogP) is 5.89. The first-order valence-electron chi connectivity index (χ1n) is 7.98. The van der Waals surface area contributed by atoms with Crippen molar-refractivity contribution < 1.29 is 0 Å². The van der Waals surface area contributed by atoms with Crippen LogP contribution in [0.5, 0.6) is 0 Å². The van der Waals surface area contributed by atoms with E-state index in [0.29, 0.717) is 12.0 Å². The third-order valence-electron chi connectivity index (χ3n) is 4.53. The Morgan fingerprint density at radius 2 is 1.40 bits per heavy atom. The van der Waals surface area contributed by atoms with Crippen molar-refractivity contribution in [2.24, 2.45) is 16.7 Å². The fraction of sp³-hybridized carbons (Fsp3) is 0.789. The summed E-state index contributed by atoms with van der Waals surface area (Å²) in [6.45, 7) is 26.9. The third kappa shape index (κ3) is 4.68. The van der Waals surface area contributed by atoms with Gasteiger partial charge in [-0.05, 0) is 29.2 Å². The molecule has 118 valence electrons. The Kier molecular flexibility index (Phi) is 6.58. The van der Waals surface area contributed by atoms with Crippen LogP contribution in [-0.4, -0.2) is 18.0 Å². The lowest BCUT2D eigenvalue weighted by molar-refractivity contribution is 0.191. The molecule has 0 fully saturated rings. The van der Waals surface area contributed by atoms with E-state index in [0.717, 1.165) is 12.8 Å². The lowest BCUT2D eigenvalue weighted by Gasteiger charge is -2.42. The molecule has 0 aromatic carbocycles. The zero-order valence-electron chi connectivity index (χ0n) is 15.4. The van der Waals surface area contributed by atoms with Crippen molar-refractivity contribution in [3.8, 4) is 0 Å². The summed E-state index contributed by atoms with van der Waals surface area (Å²) >= 11 is 0. The van der Waals surface area contributed by atoms with Gasteiger partial charge in [0.1, 0.15) is 0 Å². The van der Waals surface area contributed by atoms with Crippen LogP contribution in [0.25, 0.3) is 0 Å². The van der Waals surface area contributed by atoms with E-state index in [-0.39, 0.29) is 10.8 Å². The first-order valence-corrected chi connectivity index (χ1v) is 7.98. The van der Waals surface area contributed by atoms with Gasteiger partial charge in [-0.1, -0.05) is 68.5 Å². The summed E-state index contributed by atoms with van der Waals surface area (Å²) in [5.74, 6) is 0.509. The van der Waals surface area contributed by atoms with Crippen LogP contribution in [0.1, 0.15) is 68.2 Å². The van der Waals surface area contributed by atoms with Crippen molar-refractivity contribution in [1.82, 2.24) is 4.90 Å². The van der Waals surface area contributed by atoms with Crippen molar-refractivity contribution in [3.05, 3.63) is 24.4 Å². The highest BCUT2D eigenvalue weighted by atomic mass is 15.1. The number of hydrogen-bond donors (Lipinski definition) is 0. The molecular formula is C19H37N. The van der Waals surface area contributed by atoms with Gasteiger partial charge in [-0.15, -0.1) is 0 Å². The van der Waals surface area contributed by atoms with Crippen LogP contribution >= 0.6 is 0 Å². The molecule has 2 unspecified atom stereocenters. The molecule has 0 bridgehead atoms. The molecule has 1 nitrogen and oxygen atoms in total. The zero-order chi connectivity index (χ0) is 16.3. The monoisotopic (exact) mass is 279 g/mol. The van der Waals surface area contributed by atoms with Crippen molar-refractivity contribution in [3.63, 3.8) is 0 Å². The lowest BCUT2D eigenvalue weighted by atomic mass is 9.76. The third-order valence-corrected chi connectivity index (χ3v) is 4.53. The molecule has 0 aromatic heterocycles. The van der Waals surface area contributed by atoms with Crippen molar-refractivity contribution in [1.29, 1.82) is 0 Å². The molecule has 0 spiro atoms. The molecule has 0 saturated carbocycles. The maximum atomic E-state index is 4.41. The Bertz CT molecular complexity index is 338. The Balaban J connectivity index is 5.25. The molecule has 0 radical (unpaired) electrons. The number of rotatable bonds is 6. The molecule has 20 heavy (non-hydrogen) atoms. The van der Waals surface area contributed by atoms with Crippen molar-refractivity contribution >= 4 is 0 Å². The summed E-state index contributed by atoms with van der Waals surface area (Å²) in [6.07, 6.45) is 2.21. The molecule has 0 heterocycles. The van der Waals surface area contributed by atoms with Crippen LogP contribution in [-0.2, 0) is 0 Å². The quantitative estimate of drug-likeness (QED) is 0.548. The van der Waals surface area contributed by atoms with Crippen molar-refractivity contribution in [2.45, 2.75) is 74.3 Å². The van der Waals surface area contributed by atoms with E-state index in [2.05, 4.69) is 80.5 Å². The van der Waals surface area contributed by atoms with Crippen LogP contribution in [0.4, 0.5) is 0 Å². The van der Waals surface area contributed by atoms with E-state index < -0.39 is 0 Å². The highest BCUT2D eigenvalue weighted by Crippen LogP contribution is 2.38. The summed E-state index contributed by atoms with van der Waals surface area (Å²) in [6, 6.07) is 0.374. The van der Waals surface area contributed by atoms with Crippen LogP contribution in [0.15, 0.2) is 24.4 Å². The van der Waals surface area contributed by atoms with E-state index >= 15 is 0 Å². The van der Waals surface area contributed by atoms with Gasteiger partial charge in [0.05, 0.1) is 0 Å². The average molecular weight is 280 g/mol. The van der Waals surface area contributed by atoms with E-state index in [1.54, 1.807) is 0 Å². The largest absolute Gasteiger partial charge is 0.371 e. The Labute approximate surface area is 128 Å². The van der Waals surface area contributed by atoms with E-state index in [4.69, 9.17) is 0 Å². The van der Waals surface area contributed by atoms with E-state index in [9.17, 15) is 0 Å². The second-order valence-corrected chi connectivity index (χ2v) is 8.13. The minimum atomic E-state index is 0.138. The van der Waals surface area contributed by atoms with Gasteiger partial charge >= 0.3 is 0 Å². The van der Waals surface area contributed by atoms with Gasteiger partial charge in [0.2, 0.25) is 0 Å². The molecule has 0 aliphatic heterocycles. The van der Waals surface area contributed by atoms with Gasteiger partial charge in [-0.2, -0.15) is 0 Å². The van der Waals surface area contributed by atoms with Crippen molar-refractivity contribution in [2.75, 3.05) is 7.05 Å². The highest BCUT2D eigenvalue weighted by Gasteiger charge is 2.32. The fourth-order valence-electron chi connectivity index (χ4n) is 3.05. The summed E-state index contributed by atoms with van der Waals surface area (Å²) < 4.78 is 0. The van der Waals surface area contributed by atoms with Gasteiger partial charge in [0.25, 0.3) is 0 Å². The first kappa shape index (κ1) is 19.3. The molecule has 0 rings (SSSR count). The molecule has 0 amide bonds. The molecule has 0 saturated heterocycles. The van der Waals surface area contributed by atoms with Crippen LogP contribution in [0.3, 0.4) is 0 Å². The number of hydrogen-bond acceptors (Lipinski definition) is 1. The second-order valence-electron chi connectivity index (χ2n) is 8.13. The molecule has 0 aromatic rings. The normalized spacial score (nSPS) is 15.7. The molecule has 0 aliphatic carbocycles. The van der Waals surface area contributed by atoms with Gasteiger partial charge in [-0.25, -0.2) is 0 Å². The number of likely N-dealkylation sites (N-methyl/N-ethyl adjacent to an activating group) is 1. The predicted molar refractivity (Wildman–Crippen MR) is 92.8 cm³/mol. The van der Waals surface area contributed by atoms with Gasteiger partial charge in [0, 0.05) is 24.7 Å². The smallest absolute Gasteiger partial charge is 0.0495 e. The SMILES string of the molecule is C=C(C(CC)C(C)(C)C)N(C)C(CC)C(=C)C(C)(C)C. The second kappa shape index (κ2) is 6.83. The Hall–Kier alpha value is -0.720. The van der Waals surface area contributed by atoms with Gasteiger partial charge < -0.3 is 4.90 Å². The van der Waals surface area contributed by atoms with Crippen LogP contribution in [0, 0.1) is 16.7 Å². The average Bonchev–Trinajstić information content (AvgIpc) is 2.27. The topological polar surface area (TPSA) is 3.24 Å². The Morgan fingerprint density at radius 3 is 1.65 bits per heavy atom. The molecule has 2 atom stereocenters. The minimum absolute atomic E-state index is 0.138. The standard InChI is InChI=1S/C19H37N/c1-12-16(19(8,9)10)15(4)20(11)17(13-2)14(3)18(5,6)7/h16-17H,3-4,12-13H2,1-2,5-11H3. The molecule has 0 N–H and O–H groups in total. The van der Waals surface area contributed by atoms with E-state index in [1.165, 1.54) is 11.3 Å². The maximum Gasteiger partial charge on any atom is 0.0495 e. The fourth-order valence-corrected chi connectivity index (χ4v) is 3.05. The Morgan fingerprint density at radius 1 is 0.950 bits per heavy atom. The minimum Gasteiger partial charge on any atom is -0.371 e. The highest BCUT2D eigenvalue weighted by molar-refractivity contribution is 5.18. The molecular weight excluding hydrogens is 242 g/mol. The van der Waals surface area contributed by atoms with E-state index in [1.807, 2.05) is 0 Å². The van der Waals surface area contributed by atoms with Crippen LogP contribution in [0.2, 0.25) is 0 Å². The summed E-state index contributed by atoms with van der Waals surface area (Å²) in [5, 5.41) is 0. The molecule has 0 aliphatic rings. The van der Waals surface area contributed by atoms with Gasteiger partial charge in [0.15, 0.2) is 0 Å². The maximum absolute atomic E-state index is 4.41. The lowest BCUT2D eigenvalue weighted by Crippen LogP contribution is -2.39. The molecule has 1 heteroatoms.